The fourth-order valence-corrected chi connectivity index (χ4v) is 3.99. The van der Waals surface area contributed by atoms with Gasteiger partial charge in [0.2, 0.25) is 0 Å². The van der Waals surface area contributed by atoms with Crippen molar-refractivity contribution in [3.8, 4) is 0 Å². The first-order valence-electron chi connectivity index (χ1n) is 7.43. The highest BCUT2D eigenvalue weighted by molar-refractivity contribution is 7.10. The third-order valence-electron chi connectivity index (χ3n) is 4.79. The van der Waals surface area contributed by atoms with Crippen molar-refractivity contribution in [3.05, 3.63) is 40.6 Å². The van der Waals surface area contributed by atoms with Crippen molar-refractivity contribution in [1.29, 1.82) is 0 Å². The van der Waals surface area contributed by atoms with Crippen LogP contribution in [0.15, 0.2) is 29.9 Å². The fraction of sp³-hybridized carbons (Fsp3) is 0.562. The van der Waals surface area contributed by atoms with E-state index in [-0.39, 0.29) is 6.04 Å². The van der Waals surface area contributed by atoms with Crippen LogP contribution in [-0.4, -0.2) is 15.6 Å². The van der Waals surface area contributed by atoms with Gasteiger partial charge in [-0.2, -0.15) is 0 Å². The lowest BCUT2D eigenvalue weighted by Crippen LogP contribution is -2.36. The number of hydrogen-bond donors (Lipinski definition) is 1. The highest BCUT2D eigenvalue weighted by Crippen LogP contribution is 2.34. The van der Waals surface area contributed by atoms with Gasteiger partial charge in [0.05, 0.1) is 0 Å². The van der Waals surface area contributed by atoms with Crippen LogP contribution >= 0.6 is 11.3 Å². The van der Waals surface area contributed by atoms with Gasteiger partial charge in [0.15, 0.2) is 0 Å². The first-order chi connectivity index (χ1) is 9.66. The minimum absolute atomic E-state index is 0.216. The summed E-state index contributed by atoms with van der Waals surface area (Å²) < 4.78 is 2.13. The van der Waals surface area contributed by atoms with E-state index in [2.05, 4.69) is 53.3 Å². The molecule has 108 valence electrons. The predicted molar refractivity (Wildman–Crippen MR) is 83.9 cm³/mol. The van der Waals surface area contributed by atoms with Crippen LogP contribution < -0.4 is 5.32 Å². The van der Waals surface area contributed by atoms with Crippen LogP contribution in [0.2, 0.25) is 0 Å². The number of nitrogens with zero attached hydrogens (tertiary/aromatic N) is 2. The Hall–Kier alpha value is -1.13. The molecule has 1 N–H and O–H groups in total. The normalized spacial score (nSPS) is 27.9. The molecule has 4 heteroatoms. The van der Waals surface area contributed by atoms with Gasteiger partial charge in [-0.05, 0) is 36.1 Å². The molecule has 3 nitrogen and oxygen atoms in total. The predicted octanol–water partition coefficient (Wildman–Crippen LogP) is 3.60. The van der Waals surface area contributed by atoms with Gasteiger partial charge in [-0.3, -0.25) is 5.32 Å². The zero-order chi connectivity index (χ0) is 14.1. The van der Waals surface area contributed by atoms with Crippen molar-refractivity contribution in [2.45, 2.75) is 38.8 Å². The Bertz CT molecular complexity index is 546. The van der Waals surface area contributed by atoms with Crippen LogP contribution in [0, 0.1) is 11.8 Å². The second-order valence-corrected chi connectivity index (χ2v) is 7.01. The zero-order valence-corrected chi connectivity index (χ0v) is 13.2. The summed E-state index contributed by atoms with van der Waals surface area (Å²) in [5.41, 5.74) is 0. The summed E-state index contributed by atoms with van der Waals surface area (Å²) in [4.78, 5) is 5.92. The number of rotatable bonds is 4. The Morgan fingerprint density at radius 1 is 1.40 bits per heavy atom. The molecule has 2 heterocycles. The maximum Gasteiger partial charge on any atom is 0.131 e. The van der Waals surface area contributed by atoms with Crippen LogP contribution in [0.4, 0.5) is 0 Å². The second kappa shape index (κ2) is 5.70. The minimum Gasteiger partial charge on any atom is -0.336 e. The third-order valence-corrected chi connectivity index (χ3v) is 5.73. The van der Waals surface area contributed by atoms with Crippen molar-refractivity contribution in [2.24, 2.45) is 18.9 Å². The van der Waals surface area contributed by atoms with E-state index in [4.69, 9.17) is 0 Å². The largest absolute Gasteiger partial charge is 0.336 e. The number of hydrogen-bond acceptors (Lipinski definition) is 3. The molecule has 2 aromatic rings. The van der Waals surface area contributed by atoms with Gasteiger partial charge in [0.1, 0.15) is 11.9 Å². The van der Waals surface area contributed by atoms with E-state index in [9.17, 15) is 0 Å². The third kappa shape index (κ3) is 2.54. The lowest BCUT2D eigenvalue weighted by atomic mass is 9.97. The molecule has 1 aliphatic rings. The van der Waals surface area contributed by atoms with Gasteiger partial charge < -0.3 is 4.57 Å². The van der Waals surface area contributed by atoms with Crippen molar-refractivity contribution in [1.82, 2.24) is 14.9 Å². The molecule has 1 fully saturated rings. The summed E-state index contributed by atoms with van der Waals surface area (Å²) in [5.74, 6) is 2.66. The van der Waals surface area contributed by atoms with Gasteiger partial charge in [-0.15, -0.1) is 11.3 Å². The standard InChI is InChI=1S/C16H23N3S/c1-11-6-7-13(12(11)2)18-15(14-5-4-10-20-14)16-17-8-9-19(16)3/h4-5,8-13,15,18H,6-7H2,1-3H3. The van der Waals surface area contributed by atoms with Gasteiger partial charge >= 0.3 is 0 Å². The molecule has 0 bridgehead atoms. The Kier molecular flexibility index (Phi) is 3.94. The molecular formula is C16H23N3S. The summed E-state index contributed by atoms with van der Waals surface area (Å²) in [6.45, 7) is 4.74. The summed E-state index contributed by atoms with van der Waals surface area (Å²) in [6.07, 6.45) is 6.52. The quantitative estimate of drug-likeness (QED) is 0.932. The summed E-state index contributed by atoms with van der Waals surface area (Å²) in [6, 6.07) is 5.14. The van der Waals surface area contributed by atoms with E-state index in [1.54, 1.807) is 0 Å². The fourth-order valence-electron chi connectivity index (χ4n) is 3.21. The molecule has 2 aromatic heterocycles. The van der Waals surface area contributed by atoms with Gasteiger partial charge in [-0.1, -0.05) is 19.9 Å². The number of imidazole rings is 1. The SMILES string of the molecule is CC1CCC(NC(c2cccs2)c2nccn2C)C1C. The van der Waals surface area contributed by atoms with E-state index in [0.717, 1.165) is 17.7 Å². The number of nitrogens with one attached hydrogen (secondary N) is 1. The molecule has 4 atom stereocenters. The Morgan fingerprint density at radius 3 is 2.80 bits per heavy atom. The molecule has 20 heavy (non-hydrogen) atoms. The molecule has 0 spiro atoms. The number of thiophene rings is 1. The van der Waals surface area contributed by atoms with Crippen LogP contribution in [0.1, 0.15) is 43.4 Å². The summed E-state index contributed by atoms with van der Waals surface area (Å²) >= 11 is 1.81. The average Bonchev–Trinajstić information content (AvgIpc) is 3.14. The maximum absolute atomic E-state index is 4.57. The first kappa shape index (κ1) is 13.8. The molecule has 0 amide bonds. The van der Waals surface area contributed by atoms with Crippen molar-refractivity contribution < 1.29 is 0 Å². The highest BCUT2D eigenvalue weighted by atomic mass is 32.1. The average molecular weight is 289 g/mol. The highest BCUT2D eigenvalue weighted by Gasteiger charge is 2.32. The summed E-state index contributed by atoms with van der Waals surface area (Å²) in [5, 5.41) is 6.02. The van der Waals surface area contributed by atoms with Gasteiger partial charge in [-0.25, -0.2) is 4.98 Å². The van der Waals surface area contributed by atoms with Crippen LogP contribution in [0.5, 0.6) is 0 Å². The lowest BCUT2D eigenvalue weighted by molar-refractivity contribution is 0.349. The van der Waals surface area contributed by atoms with Crippen molar-refractivity contribution in [3.63, 3.8) is 0 Å². The first-order valence-corrected chi connectivity index (χ1v) is 8.31. The van der Waals surface area contributed by atoms with E-state index < -0.39 is 0 Å². The van der Waals surface area contributed by atoms with Gasteiger partial charge in [0.25, 0.3) is 0 Å². The molecule has 0 radical (unpaired) electrons. The number of aromatic nitrogens is 2. The number of aryl methyl sites for hydroxylation is 1. The monoisotopic (exact) mass is 289 g/mol. The molecule has 4 unspecified atom stereocenters. The van der Waals surface area contributed by atoms with E-state index in [1.165, 1.54) is 17.7 Å². The minimum atomic E-state index is 0.216. The summed E-state index contributed by atoms with van der Waals surface area (Å²) in [7, 11) is 2.07. The van der Waals surface area contributed by atoms with Crippen LogP contribution in [0.3, 0.4) is 0 Å². The lowest BCUT2D eigenvalue weighted by Gasteiger charge is -2.26. The van der Waals surface area contributed by atoms with Crippen molar-refractivity contribution in [2.75, 3.05) is 0 Å². The van der Waals surface area contributed by atoms with Crippen LogP contribution in [-0.2, 0) is 7.05 Å². The van der Waals surface area contributed by atoms with Gasteiger partial charge in [0, 0.05) is 30.4 Å². The second-order valence-electron chi connectivity index (χ2n) is 6.03. The van der Waals surface area contributed by atoms with Crippen LogP contribution in [0.25, 0.3) is 0 Å². The van der Waals surface area contributed by atoms with E-state index in [0.29, 0.717) is 6.04 Å². The molecule has 0 aliphatic heterocycles. The van der Waals surface area contributed by atoms with Crippen molar-refractivity contribution >= 4 is 11.3 Å². The Morgan fingerprint density at radius 2 is 2.25 bits per heavy atom. The topological polar surface area (TPSA) is 29.9 Å². The Labute approximate surface area is 125 Å². The Balaban J connectivity index is 1.86. The maximum atomic E-state index is 4.57. The molecule has 0 saturated heterocycles. The molecule has 3 rings (SSSR count). The smallest absolute Gasteiger partial charge is 0.131 e. The molecular weight excluding hydrogens is 266 g/mol. The van der Waals surface area contributed by atoms with E-state index in [1.807, 2.05) is 23.7 Å². The molecule has 0 aromatic carbocycles. The zero-order valence-electron chi connectivity index (χ0n) is 12.4. The molecule has 1 saturated carbocycles. The molecule has 1 aliphatic carbocycles. The van der Waals surface area contributed by atoms with E-state index >= 15 is 0 Å².